The second kappa shape index (κ2) is 7.05. The molecule has 0 aliphatic heterocycles. The lowest BCUT2D eigenvalue weighted by Gasteiger charge is -2.08. The number of nitrogens with one attached hydrogen (secondary N) is 1. The number of rotatable bonds is 7. The Labute approximate surface area is 126 Å². The molecule has 0 spiro atoms. The maximum Gasteiger partial charge on any atom is 0.250 e. The van der Waals surface area contributed by atoms with Gasteiger partial charge in [-0.05, 0) is 18.2 Å². The smallest absolute Gasteiger partial charge is 0.250 e. The summed E-state index contributed by atoms with van der Waals surface area (Å²) in [7, 11) is 1.61. The van der Waals surface area contributed by atoms with Crippen LogP contribution >= 0.6 is 11.6 Å². The van der Waals surface area contributed by atoms with Gasteiger partial charge >= 0.3 is 0 Å². The first kappa shape index (κ1) is 15.3. The maximum atomic E-state index is 11.4. The molecule has 1 aromatic heterocycles. The highest BCUT2D eigenvalue weighted by molar-refractivity contribution is 6.31. The maximum absolute atomic E-state index is 11.4. The average molecular weight is 311 g/mol. The molecule has 7 nitrogen and oxygen atoms in total. The quantitative estimate of drug-likeness (QED) is 0.805. The zero-order valence-corrected chi connectivity index (χ0v) is 12.2. The number of amides is 1. The van der Waals surface area contributed by atoms with Gasteiger partial charge in [0.2, 0.25) is 5.89 Å². The van der Waals surface area contributed by atoms with Gasteiger partial charge in [-0.15, -0.1) is 0 Å². The summed E-state index contributed by atoms with van der Waals surface area (Å²) in [5.74, 6) is 0.415. The van der Waals surface area contributed by atoms with Crippen molar-refractivity contribution >= 4 is 23.2 Å². The first-order chi connectivity index (χ1) is 10.1. The predicted molar refractivity (Wildman–Crippen MR) is 77.2 cm³/mol. The summed E-state index contributed by atoms with van der Waals surface area (Å²) < 4.78 is 10.0. The molecule has 1 aromatic carbocycles. The number of aromatic nitrogens is 2. The van der Waals surface area contributed by atoms with Gasteiger partial charge in [-0.2, -0.15) is 4.98 Å². The molecular formula is C13H15ClN4O3. The third-order valence-electron chi connectivity index (χ3n) is 2.72. The van der Waals surface area contributed by atoms with Crippen LogP contribution in [0.4, 0.5) is 5.69 Å². The third-order valence-corrected chi connectivity index (χ3v) is 2.95. The van der Waals surface area contributed by atoms with Crippen molar-refractivity contribution in [2.75, 3.05) is 19.0 Å². The van der Waals surface area contributed by atoms with Gasteiger partial charge in [-0.3, -0.25) is 4.79 Å². The van der Waals surface area contributed by atoms with E-state index in [1.807, 2.05) is 0 Å². The lowest BCUT2D eigenvalue weighted by Crippen LogP contribution is -2.14. The van der Waals surface area contributed by atoms with E-state index < -0.39 is 5.91 Å². The minimum Gasteiger partial charge on any atom is -0.384 e. The number of anilines is 1. The molecule has 0 saturated carbocycles. The average Bonchev–Trinajstić information content (AvgIpc) is 2.91. The summed E-state index contributed by atoms with van der Waals surface area (Å²) in [6.07, 6.45) is 0.577. The van der Waals surface area contributed by atoms with Crippen molar-refractivity contribution in [3.8, 4) is 0 Å². The van der Waals surface area contributed by atoms with E-state index in [1.165, 1.54) is 6.07 Å². The zero-order chi connectivity index (χ0) is 15.2. The van der Waals surface area contributed by atoms with Crippen molar-refractivity contribution in [3.63, 3.8) is 0 Å². The largest absolute Gasteiger partial charge is 0.384 e. The molecule has 3 N–H and O–H groups in total. The number of methoxy groups -OCH3 is 1. The van der Waals surface area contributed by atoms with Crippen molar-refractivity contribution in [2.45, 2.75) is 13.0 Å². The molecule has 2 aromatic rings. The zero-order valence-electron chi connectivity index (χ0n) is 11.4. The first-order valence-corrected chi connectivity index (χ1v) is 6.61. The van der Waals surface area contributed by atoms with Crippen LogP contribution in [-0.4, -0.2) is 29.8 Å². The summed E-state index contributed by atoms with van der Waals surface area (Å²) >= 11 is 5.84. The molecule has 0 atom stereocenters. The van der Waals surface area contributed by atoms with Crippen molar-refractivity contribution in [1.29, 1.82) is 0 Å². The van der Waals surface area contributed by atoms with Gasteiger partial charge in [0, 0.05) is 24.2 Å². The van der Waals surface area contributed by atoms with Gasteiger partial charge in [-0.25, -0.2) is 0 Å². The highest BCUT2D eigenvalue weighted by Gasteiger charge is 2.11. The molecule has 0 aliphatic carbocycles. The summed E-state index contributed by atoms with van der Waals surface area (Å²) in [5, 5.41) is 7.28. The van der Waals surface area contributed by atoms with Crippen LogP contribution in [0.5, 0.6) is 0 Å². The highest BCUT2D eigenvalue weighted by Crippen LogP contribution is 2.20. The fourth-order valence-corrected chi connectivity index (χ4v) is 1.87. The molecule has 1 amide bonds. The number of hydrogen-bond donors (Lipinski definition) is 2. The molecule has 0 aliphatic rings. The Balaban J connectivity index is 2.03. The Morgan fingerprint density at radius 1 is 1.52 bits per heavy atom. The van der Waals surface area contributed by atoms with Crippen LogP contribution in [0, 0.1) is 0 Å². The Kier molecular flexibility index (Phi) is 5.13. The molecular weight excluding hydrogens is 296 g/mol. The number of hydrogen-bond acceptors (Lipinski definition) is 6. The molecule has 8 heteroatoms. The monoisotopic (exact) mass is 310 g/mol. The standard InChI is InChI=1S/C13H15ClN4O3/c1-20-5-4-11-17-12(21-18-11)7-16-10-3-2-8(14)6-9(10)13(15)19/h2-3,6,16H,4-5,7H2,1H3,(H2,15,19). The summed E-state index contributed by atoms with van der Waals surface area (Å²) in [6, 6.07) is 4.84. The van der Waals surface area contributed by atoms with Crippen LogP contribution < -0.4 is 11.1 Å². The lowest BCUT2D eigenvalue weighted by atomic mass is 10.1. The second-order valence-corrected chi connectivity index (χ2v) is 4.69. The number of primary amides is 1. The molecule has 0 bridgehead atoms. The van der Waals surface area contributed by atoms with Crippen LogP contribution in [0.15, 0.2) is 22.7 Å². The number of carbonyl (C=O) groups excluding carboxylic acids is 1. The number of nitrogens with two attached hydrogens (primary N) is 1. The van der Waals surface area contributed by atoms with Crippen LogP contribution in [0.1, 0.15) is 22.1 Å². The number of ether oxygens (including phenoxy) is 1. The van der Waals surface area contributed by atoms with E-state index >= 15 is 0 Å². The van der Waals surface area contributed by atoms with E-state index in [0.29, 0.717) is 41.0 Å². The van der Waals surface area contributed by atoms with Gasteiger partial charge in [-0.1, -0.05) is 16.8 Å². The molecule has 112 valence electrons. The highest BCUT2D eigenvalue weighted by atomic mass is 35.5. The van der Waals surface area contributed by atoms with E-state index in [9.17, 15) is 4.79 Å². The predicted octanol–water partition coefficient (Wildman–Crippen LogP) is 1.62. The van der Waals surface area contributed by atoms with Gasteiger partial charge in [0.25, 0.3) is 5.91 Å². The number of benzene rings is 1. The van der Waals surface area contributed by atoms with Crippen LogP contribution in [0.3, 0.4) is 0 Å². The molecule has 1 heterocycles. The van der Waals surface area contributed by atoms with Crippen molar-refractivity contribution in [3.05, 3.63) is 40.5 Å². The Hall–Kier alpha value is -2.12. The van der Waals surface area contributed by atoms with E-state index in [4.69, 9.17) is 26.6 Å². The Morgan fingerprint density at radius 2 is 2.33 bits per heavy atom. The number of nitrogens with zero attached hydrogens (tertiary/aromatic N) is 2. The van der Waals surface area contributed by atoms with E-state index in [2.05, 4.69) is 15.5 Å². The van der Waals surface area contributed by atoms with Crippen molar-refractivity contribution in [2.24, 2.45) is 5.73 Å². The van der Waals surface area contributed by atoms with Gasteiger partial charge in [0.15, 0.2) is 5.82 Å². The molecule has 0 unspecified atom stereocenters. The molecule has 21 heavy (non-hydrogen) atoms. The van der Waals surface area contributed by atoms with E-state index in [1.54, 1.807) is 19.2 Å². The summed E-state index contributed by atoms with van der Waals surface area (Å²) in [6.45, 7) is 0.803. The van der Waals surface area contributed by atoms with Crippen LogP contribution in [0.2, 0.25) is 5.02 Å². The van der Waals surface area contributed by atoms with Crippen molar-refractivity contribution < 1.29 is 14.1 Å². The van der Waals surface area contributed by atoms with Crippen LogP contribution in [-0.2, 0) is 17.7 Å². The summed E-state index contributed by atoms with van der Waals surface area (Å²) in [4.78, 5) is 15.6. The molecule has 0 radical (unpaired) electrons. The van der Waals surface area contributed by atoms with Gasteiger partial charge in [0.05, 0.1) is 18.7 Å². The SMILES string of the molecule is COCCc1noc(CNc2ccc(Cl)cc2C(N)=O)n1. The van der Waals surface area contributed by atoms with Crippen LogP contribution in [0.25, 0.3) is 0 Å². The fraction of sp³-hybridized carbons (Fsp3) is 0.308. The molecule has 2 rings (SSSR count). The minimum atomic E-state index is -0.564. The fourth-order valence-electron chi connectivity index (χ4n) is 1.70. The summed E-state index contributed by atoms with van der Waals surface area (Å²) in [5.41, 5.74) is 6.17. The number of halogens is 1. The van der Waals surface area contributed by atoms with Crippen molar-refractivity contribution in [1.82, 2.24) is 10.1 Å². The van der Waals surface area contributed by atoms with E-state index in [0.717, 1.165) is 0 Å². The minimum absolute atomic E-state index is 0.280. The second-order valence-electron chi connectivity index (χ2n) is 4.25. The lowest BCUT2D eigenvalue weighted by molar-refractivity contribution is 0.100. The van der Waals surface area contributed by atoms with E-state index in [-0.39, 0.29) is 6.54 Å². The number of carbonyl (C=O) groups is 1. The molecule has 0 fully saturated rings. The van der Waals surface area contributed by atoms with Gasteiger partial charge in [0.1, 0.15) is 0 Å². The third kappa shape index (κ3) is 4.17. The van der Waals surface area contributed by atoms with Gasteiger partial charge < -0.3 is 20.3 Å². The normalized spacial score (nSPS) is 10.6. The first-order valence-electron chi connectivity index (χ1n) is 6.23. The Morgan fingerprint density at radius 3 is 3.05 bits per heavy atom. The Bertz CT molecular complexity index is 630. The molecule has 0 saturated heterocycles. The topological polar surface area (TPSA) is 103 Å².